The highest BCUT2D eigenvalue weighted by atomic mass is 19.1. The minimum absolute atomic E-state index is 0.157. The van der Waals surface area contributed by atoms with Crippen molar-refractivity contribution in [3.63, 3.8) is 0 Å². The minimum Gasteiger partial charge on any atom is -0.368 e. The average molecular weight is 233 g/mol. The zero-order chi connectivity index (χ0) is 12.4. The van der Waals surface area contributed by atoms with Crippen LogP contribution in [0, 0.1) is 17.1 Å². The summed E-state index contributed by atoms with van der Waals surface area (Å²) in [4.78, 5) is 4.36. The van der Waals surface area contributed by atoms with E-state index in [1.807, 2.05) is 12.1 Å². The standard InChI is InChI=1S/C13H16FN3/c1-10-9-17(7-6-16(10)2)13-5-3-4-12(14)11(13)8-15/h3-5,10H,6-7,9H2,1-2H3. The molecule has 0 amide bonds. The maximum atomic E-state index is 13.5. The predicted octanol–water partition coefficient (Wildman–Crippen LogP) is 1.84. The van der Waals surface area contributed by atoms with Gasteiger partial charge in [-0.1, -0.05) is 6.07 Å². The lowest BCUT2D eigenvalue weighted by atomic mass is 10.1. The van der Waals surface area contributed by atoms with Gasteiger partial charge in [0.25, 0.3) is 0 Å². The molecule has 1 atom stereocenters. The highest BCUT2D eigenvalue weighted by Gasteiger charge is 2.23. The van der Waals surface area contributed by atoms with E-state index >= 15 is 0 Å². The van der Waals surface area contributed by atoms with Gasteiger partial charge in [-0.05, 0) is 26.1 Å². The Bertz CT molecular complexity index is 452. The molecule has 0 aliphatic carbocycles. The third-order valence-corrected chi connectivity index (χ3v) is 3.40. The van der Waals surface area contributed by atoms with Crippen LogP contribution in [0.4, 0.5) is 10.1 Å². The molecule has 1 saturated heterocycles. The maximum absolute atomic E-state index is 13.5. The van der Waals surface area contributed by atoms with Gasteiger partial charge in [0.05, 0.1) is 5.69 Å². The number of piperazine rings is 1. The van der Waals surface area contributed by atoms with Crippen LogP contribution < -0.4 is 4.90 Å². The molecule has 2 rings (SSSR count). The molecule has 0 N–H and O–H groups in total. The van der Waals surface area contributed by atoms with Crippen molar-refractivity contribution < 1.29 is 4.39 Å². The first-order chi connectivity index (χ1) is 8.13. The van der Waals surface area contributed by atoms with Crippen molar-refractivity contribution in [1.29, 1.82) is 5.26 Å². The molecule has 0 spiro atoms. The Morgan fingerprint density at radius 1 is 1.41 bits per heavy atom. The van der Waals surface area contributed by atoms with Crippen molar-refractivity contribution in [2.45, 2.75) is 13.0 Å². The first kappa shape index (κ1) is 11.9. The zero-order valence-electron chi connectivity index (χ0n) is 10.2. The first-order valence-corrected chi connectivity index (χ1v) is 5.77. The molecule has 1 unspecified atom stereocenters. The molecule has 4 heteroatoms. The number of nitriles is 1. The molecule has 1 aliphatic heterocycles. The number of likely N-dealkylation sites (N-methyl/N-ethyl adjacent to an activating group) is 1. The number of nitrogens with zero attached hydrogens (tertiary/aromatic N) is 3. The molecule has 1 aliphatic rings. The molecule has 90 valence electrons. The summed E-state index contributed by atoms with van der Waals surface area (Å²) in [6.07, 6.45) is 0. The van der Waals surface area contributed by atoms with E-state index in [1.54, 1.807) is 6.07 Å². The van der Waals surface area contributed by atoms with Crippen LogP contribution in [0.15, 0.2) is 18.2 Å². The lowest BCUT2D eigenvalue weighted by Gasteiger charge is -2.39. The van der Waals surface area contributed by atoms with Crippen LogP contribution in [-0.4, -0.2) is 37.6 Å². The molecular formula is C13H16FN3. The molecule has 1 aromatic carbocycles. The molecule has 1 aromatic rings. The minimum atomic E-state index is -0.434. The third kappa shape index (κ3) is 2.25. The van der Waals surface area contributed by atoms with Crippen molar-refractivity contribution in [2.75, 3.05) is 31.6 Å². The van der Waals surface area contributed by atoms with Gasteiger partial charge < -0.3 is 9.80 Å². The fourth-order valence-corrected chi connectivity index (χ4v) is 2.15. The van der Waals surface area contributed by atoms with Crippen LogP contribution in [0.25, 0.3) is 0 Å². The van der Waals surface area contributed by atoms with Crippen molar-refractivity contribution in [3.05, 3.63) is 29.6 Å². The Labute approximate surface area is 101 Å². The average Bonchev–Trinajstić information content (AvgIpc) is 2.32. The van der Waals surface area contributed by atoms with E-state index in [0.29, 0.717) is 11.7 Å². The fourth-order valence-electron chi connectivity index (χ4n) is 2.15. The van der Waals surface area contributed by atoms with Crippen LogP contribution in [0.2, 0.25) is 0 Å². The van der Waals surface area contributed by atoms with E-state index in [4.69, 9.17) is 5.26 Å². The van der Waals surface area contributed by atoms with E-state index in [0.717, 1.165) is 19.6 Å². The summed E-state index contributed by atoms with van der Waals surface area (Å²) >= 11 is 0. The van der Waals surface area contributed by atoms with Gasteiger partial charge in [-0.3, -0.25) is 0 Å². The summed E-state index contributed by atoms with van der Waals surface area (Å²) in [6.45, 7) is 4.73. The number of hydrogen-bond acceptors (Lipinski definition) is 3. The molecule has 0 aromatic heterocycles. The summed E-state index contributed by atoms with van der Waals surface area (Å²) in [5.41, 5.74) is 0.872. The SMILES string of the molecule is CC1CN(c2cccc(F)c2C#N)CCN1C. The predicted molar refractivity (Wildman–Crippen MR) is 65.4 cm³/mol. The molecule has 0 bridgehead atoms. The Morgan fingerprint density at radius 2 is 2.18 bits per heavy atom. The number of benzene rings is 1. The van der Waals surface area contributed by atoms with Crippen LogP contribution >= 0.6 is 0 Å². The Kier molecular flexibility index (Phi) is 3.30. The highest BCUT2D eigenvalue weighted by molar-refractivity contribution is 5.60. The van der Waals surface area contributed by atoms with Crippen molar-refractivity contribution in [2.24, 2.45) is 0 Å². The summed E-state index contributed by atoms with van der Waals surface area (Å²) in [7, 11) is 2.08. The van der Waals surface area contributed by atoms with Gasteiger partial charge in [0, 0.05) is 25.7 Å². The molecule has 3 nitrogen and oxygen atoms in total. The van der Waals surface area contributed by atoms with Crippen molar-refractivity contribution in [1.82, 2.24) is 4.90 Å². The topological polar surface area (TPSA) is 30.3 Å². The molecule has 0 radical (unpaired) electrons. The van der Waals surface area contributed by atoms with Gasteiger partial charge in [-0.25, -0.2) is 4.39 Å². The van der Waals surface area contributed by atoms with Gasteiger partial charge in [-0.15, -0.1) is 0 Å². The number of hydrogen-bond donors (Lipinski definition) is 0. The first-order valence-electron chi connectivity index (χ1n) is 5.77. The summed E-state index contributed by atoms with van der Waals surface area (Å²) in [6, 6.07) is 7.19. The van der Waals surface area contributed by atoms with E-state index in [-0.39, 0.29) is 5.56 Å². The summed E-state index contributed by atoms with van der Waals surface area (Å²) < 4.78 is 13.5. The van der Waals surface area contributed by atoms with Gasteiger partial charge in [0.15, 0.2) is 0 Å². The van der Waals surface area contributed by atoms with Crippen LogP contribution in [0.3, 0.4) is 0 Å². The number of rotatable bonds is 1. The molecule has 1 heterocycles. The van der Waals surface area contributed by atoms with Gasteiger partial charge in [-0.2, -0.15) is 5.26 Å². The lowest BCUT2D eigenvalue weighted by molar-refractivity contribution is 0.234. The Morgan fingerprint density at radius 3 is 2.82 bits per heavy atom. The largest absolute Gasteiger partial charge is 0.368 e. The van der Waals surface area contributed by atoms with Gasteiger partial charge >= 0.3 is 0 Å². The van der Waals surface area contributed by atoms with E-state index in [2.05, 4.69) is 23.8 Å². The zero-order valence-corrected chi connectivity index (χ0v) is 10.2. The number of anilines is 1. The van der Waals surface area contributed by atoms with Crippen molar-refractivity contribution in [3.8, 4) is 6.07 Å². The number of halogens is 1. The fraction of sp³-hybridized carbons (Fsp3) is 0.462. The maximum Gasteiger partial charge on any atom is 0.143 e. The Hall–Kier alpha value is -1.60. The molecule has 0 saturated carbocycles. The van der Waals surface area contributed by atoms with E-state index < -0.39 is 5.82 Å². The van der Waals surface area contributed by atoms with E-state index in [1.165, 1.54) is 6.07 Å². The van der Waals surface area contributed by atoms with Crippen molar-refractivity contribution >= 4 is 5.69 Å². The second-order valence-electron chi connectivity index (χ2n) is 4.52. The smallest absolute Gasteiger partial charge is 0.143 e. The lowest BCUT2D eigenvalue weighted by Crippen LogP contribution is -2.50. The van der Waals surface area contributed by atoms with E-state index in [9.17, 15) is 4.39 Å². The normalized spacial score (nSPS) is 21.3. The highest BCUT2D eigenvalue weighted by Crippen LogP contribution is 2.24. The quantitative estimate of drug-likeness (QED) is 0.741. The van der Waals surface area contributed by atoms with Gasteiger partial charge in [0.2, 0.25) is 0 Å². The monoisotopic (exact) mass is 233 g/mol. The van der Waals surface area contributed by atoms with Crippen LogP contribution in [0.1, 0.15) is 12.5 Å². The summed E-state index contributed by atoms with van der Waals surface area (Å²) in [5, 5.41) is 9.02. The molecule has 1 fully saturated rings. The molecular weight excluding hydrogens is 217 g/mol. The van der Waals surface area contributed by atoms with Crippen LogP contribution in [0.5, 0.6) is 0 Å². The third-order valence-electron chi connectivity index (χ3n) is 3.40. The van der Waals surface area contributed by atoms with Crippen LogP contribution in [-0.2, 0) is 0 Å². The second kappa shape index (κ2) is 4.72. The Balaban J connectivity index is 2.29. The van der Waals surface area contributed by atoms with Gasteiger partial charge in [0.1, 0.15) is 17.4 Å². The second-order valence-corrected chi connectivity index (χ2v) is 4.52. The molecule has 17 heavy (non-hydrogen) atoms. The summed E-state index contributed by atoms with van der Waals surface area (Å²) in [5.74, 6) is -0.434.